The van der Waals surface area contributed by atoms with Crippen LogP contribution >= 0.6 is 15.9 Å². The Morgan fingerprint density at radius 2 is 1.96 bits per heavy atom. The molecule has 1 aromatic heterocycles. The van der Waals surface area contributed by atoms with Gasteiger partial charge in [0.25, 0.3) is 5.91 Å². The molecule has 1 aliphatic rings. The van der Waals surface area contributed by atoms with Gasteiger partial charge in [-0.25, -0.2) is 0 Å². The van der Waals surface area contributed by atoms with Gasteiger partial charge in [0.2, 0.25) is 5.91 Å². The summed E-state index contributed by atoms with van der Waals surface area (Å²) in [6, 6.07) is 3.43. The molecule has 8 heteroatoms. The van der Waals surface area contributed by atoms with Gasteiger partial charge in [-0.15, -0.1) is 0 Å². The summed E-state index contributed by atoms with van der Waals surface area (Å²) in [5, 5.41) is 5.44. The normalized spacial score (nSPS) is 16.8. The van der Waals surface area contributed by atoms with E-state index in [1.807, 2.05) is 0 Å². The number of hydrogen-bond acceptors (Lipinski definition) is 5. The van der Waals surface area contributed by atoms with E-state index >= 15 is 0 Å². The SMILES string of the molecule is CC(C)C(CNC(=O)CNC(=O)c1ccc(Br)o1)N1CCOCC1. The predicted octanol–water partition coefficient (Wildman–Crippen LogP) is 1.24. The van der Waals surface area contributed by atoms with Crippen LogP contribution in [0.2, 0.25) is 0 Å². The Morgan fingerprint density at radius 3 is 2.54 bits per heavy atom. The van der Waals surface area contributed by atoms with Gasteiger partial charge < -0.3 is 19.8 Å². The standard InChI is InChI=1S/C16H24BrN3O4/c1-11(2)12(20-5-7-23-8-6-20)9-18-15(21)10-19-16(22)13-3-4-14(17)24-13/h3-4,11-12H,5-10H2,1-2H3,(H,18,21)(H,19,22). The van der Waals surface area contributed by atoms with Crippen LogP contribution in [0.3, 0.4) is 0 Å². The number of ether oxygens (including phenoxy) is 1. The molecule has 0 aromatic carbocycles. The van der Waals surface area contributed by atoms with Gasteiger partial charge in [0, 0.05) is 25.7 Å². The summed E-state index contributed by atoms with van der Waals surface area (Å²) in [6.07, 6.45) is 0. The number of nitrogens with one attached hydrogen (secondary N) is 2. The lowest BCUT2D eigenvalue weighted by molar-refractivity contribution is -0.120. The predicted molar refractivity (Wildman–Crippen MR) is 92.8 cm³/mol. The maximum atomic E-state index is 12.0. The minimum Gasteiger partial charge on any atom is -0.444 e. The van der Waals surface area contributed by atoms with Crippen LogP contribution in [0.5, 0.6) is 0 Å². The van der Waals surface area contributed by atoms with E-state index < -0.39 is 5.91 Å². The molecule has 0 spiro atoms. The van der Waals surface area contributed by atoms with Crippen molar-refractivity contribution in [3.8, 4) is 0 Å². The highest BCUT2D eigenvalue weighted by Gasteiger charge is 2.24. The van der Waals surface area contributed by atoms with Crippen LogP contribution in [0.4, 0.5) is 0 Å². The number of rotatable bonds is 7. The first-order chi connectivity index (χ1) is 11.5. The zero-order chi connectivity index (χ0) is 17.5. The molecule has 0 radical (unpaired) electrons. The van der Waals surface area contributed by atoms with Crippen molar-refractivity contribution in [1.82, 2.24) is 15.5 Å². The van der Waals surface area contributed by atoms with E-state index in [0.717, 1.165) is 26.3 Å². The first-order valence-electron chi connectivity index (χ1n) is 8.09. The van der Waals surface area contributed by atoms with E-state index in [1.165, 1.54) is 0 Å². The molecular formula is C16H24BrN3O4. The number of furan rings is 1. The molecule has 2 N–H and O–H groups in total. The molecular weight excluding hydrogens is 378 g/mol. The summed E-state index contributed by atoms with van der Waals surface area (Å²) < 4.78 is 11.0. The van der Waals surface area contributed by atoms with Crippen LogP contribution in [0.1, 0.15) is 24.4 Å². The molecule has 0 bridgehead atoms. The highest BCUT2D eigenvalue weighted by molar-refractivity contribution is 9.10. The van der Waals surface area contributed by atoms with Gasteiger partial charge in [0.05, 0.1) is 19.8 Å². The molecule has 1 aromatic rings. The van der Waals surface area contributed by atoms with Gasteiger partial charge in [-0.05, 0) is 34.0 Å². The lowest BCUT2D eigenvalue weighted by Crippen LogP contribution is -2.52. The van der Waals surface area contributed by atoms with Crippen molar-refractivity contribution >= 4 is 27.7 Å². The summed E-state index contributed by atoms with van der Waals surface area (Å²) in [6.45, 7) is 7.97. The van der Waals surface area contributed by atoms with Crippen molar-refractivity contribution in [3.05, 3.63) is 22.6 Å². The van der Waals surface area contributed by atoms with Gasteiger partial charge in [-0.3, -0.25) is 14.5 Å². The highest BCUT2D eigenvalue weighted by atomic mass is 79.9. The first kappa shape index (κ1) is 19.0. The third-order valence-corrected chi connectivity index (χ3v) is 4.43. The van der Waals surface area contributed by atoms with E-state index in [-0.39, 0.29) is 24.3 Å². The molecule has 2 amide bonds. The second-order valence-corrected chi connectivity index (χ2v) is 6.83. The summed E-state index contributed by atoms with van der Waals surface area (Å²) in [5.41, 5.74) is 0. The molecule has 134 valence electrons. The monoisotopic (exact) mass is 401 g/mol. The van der Waals surface area contributed by atoms with Crippen LogP contribution in [0, 0.1) is 5.92 Å². The van der Waals surface area contributed by atoms with E-state index in [2.05, 4.69) is 45.3 Å². The molecule has 24 heavy (non-hydrogen) atoms. The second kappa shape index (κ2) is 9.19. The number of nitrogens with zero attached hydrogens (tertiary/aromatic N) is 1. The van der Waals surface area contributed by atoms with Crippen molar-refractivity contribution in [2.45, 2.75) is 19.9 Å². The van der Waals surface area contributed by atoms with E-state index in [4.69, 9.17) is 9.15 Å². The van der Waals surface area contributed by atoms with Gasteiger partial charge in [0.15, 0.2) is 10.4 Å². The fraction of sp³-hybridized carbons (Fsp3) is 0.625. The Hall–Kier alpha value is -1.38. The average molecular weight is 402 g/mol. The first-order valence-corrected chi connectivity index (χ1v) is 8.88. The lowest BCUT2D eigenvalue weighted by atomic mass is 10.0. The van der Waals surface area contributed by atoms with Gasteiger partial charge in [0.1, 0.15) is 0 Å². The third kappa shape index (κ3) is 5.61. The Morgan fingerprint density at radius 1 is 1.25 bits per heavy atom. The fourth-order valence-corrected chi connectivity index (χ4v) is 2.97. The number of hydrogen-bond donors (Lipinski definition) is 2. The molecule has 2 heterocycles. The Kier molecular flexibility index (Phi) is 7.26. The number of carbonyl (C=O) groups is 2. The van der Waals surface area contributed by atoms with Crippen LogP contribution in [-0.4, -0.2) is 62.1 Å². The van der Waals surface area contributed by atoms with Crippen molar-refractivity contribution < 1.29 is 18.7 Å². The van der Waals surface area contributed by atoms with Crippen LogP contribution in [0.25, 0.3) is 0 Å². The molecule has 1 fully saturated rings. The maximum absolute atomic E-state index is 12.0. The van der Waals surface area contributed by atoms with Gasteiger partial charge in [-0.1, -0.05) is 13.8 Å². The Labute approximate surface area is 150 Å². The highest BCUT2D eigenvalue weighted by Crippen LogP contribution is 2.14. The van der Waals surface area contributed by atoms with Crippen LogP contribution < -0.4 is 10.6 Å². The number of morpholine rings is 1. The second-order valence-electron chi connectivity index (χ2n) is 6.05. The molecule has 0 saturated carbocycles. The molecule has 1 aliphatic heterocycles. The van der Waals surface area contributed by atoms with Crippen LogP contribution in [-0.2, 0) is 9.53 Å². The lowest BCUT2D eigenvalue weighted by Gasteiger charge is -2.36. The fourth-order valence-electron chi connectivity index (χ4n) is 2.66. The Bertz CT molecular complexity index is 555. The maximum Gasteiger partial charge on any atom is 0.287 e. The van der Waals surface area contributed by atoms with E-state index in [0.29, 0.717) is 17.1 Å². The molecule has 1 unspecified atom stereocenters. The smallest absolute Gasteiger partial charge is 0.287 e. The summed E-state index contributed by atoms with van der Waals surface area (Å²) in [4.78, 5) is 26.2. The minimum atomic E-state index is -0.413. The zero-order valence-electron chi connectivity index (χ0n) is 14.0. The summed E-state index contributed by atoms with van der Waals surface area (Å²) in [7, 11) is 0. The molecule has 2 rings (SSSR count). The van der Waals surface area contributed by atoms with Crippen molar-refractivity contribution in [3.63, 3.8) is 0 Å². The topological polar surface area (TPSA) is 83.8 Å². The van der Waals surface area contributed by atoms with Gasteiger partial charge in [-0.2, -0.15) is 0 Å². The van der Waals surface area contributed by atoms with Crippen molar-refractivity contribution in [2.75, 3.05) is 39.4 Å². The van der Waals surface area contributed by atoms with Crippen LogP contribution in [0.15, 0.2) is 21.2 Å². The summed E-state index contributed by atoms with van der Waals surface area (Å²) >= 11 is 3.13. The van der Waals surface area contributed by atoms with E-state index in [9.17, 15) is 9.59 Å². The number of amides is 2. The quantitative estimate of drug-likeness (QED) is 0.717. The minimum absolute atomic E-state index is 0.0783. The summed E-state index contributed by atoms with van der Waals surface area (Å²) in [5.74, 6) is -0.0428. The molecule has 1 atom stereocenters. The number of halogens is 1. The van der Waals surface area contributed by atoms with E-state index in [1.54, 1.807) is 12.1 Å². The molecule has 7 nitrogen and oxygen atoms in total. The Balaban J connectivity index is 1.75. The van der Waals surface area contributed by atoms with Crippen molar-refractivity contribution in [2.24, 2.45) is 5.92 Å². The average Bonchev–Trinajstić information content (AvgIpc) is 3.00. The molecule has 1 saturated heterocycles. The number of carbonyl (C=O) groups excluding carboxylic acids is 2. The van der Waals surface area contributed by atoms with Crippen molar-refractivity contribution in [1.29, 1.82) is 0 Å². The third-order valence-electron chi connectivity index (χ3n) is 4.00. The van der Waals surface area contributed by atoms with Gasteiger partial charge >= 0.3 is 0 Å². The zero-order valence-corrected chi connectivity index (χ0v) is 15.6. The molecule has 0 aliphatic carbocycles. The largest absolute Gasteiger partial charge is 0.444 e.